The van der Waals surface area contributed by atoms with Crippen molar-refractivity contribution in [2.24, 2.45) is 0 Å². The topological polar surface area (TPSA) is 88.7 Å². The molecule has 7 nitrogen and oxygen atoms in total. The van der Waals surface area contributed by atoms with Gasteiger partial charge in [-0.3, -0.25) is 4.79 Å². The predicted molar refractivity (Wildman–Crippen MR) is 85.8 cm³/mol. The highest BCUT2D eigenvalue weighted by Gasteiger charge is 2.16. The van der Waals surface area contributed by atoms with Gasteiger partial charge in [-0.2, -0.15) is 0 Å². The molecule has 22 heavy (non-hydrogen) atoms. The van der Waals surface area contributed by atoms with E-state index < -0.39 is 11.7 Å². The van der Waals surface area contributed by atoms with Crippen LogP contribution < -0.4 is 16.0 Å². The van der Waals surface area contributed by atoms with Gasteiger partial charge in [0.2, 0.25) is 5.91 Å². The zero-order valence-corrected chi connectivity index (χ0v) is 14.5. The normalized spacial score (nSPS) is 12.6. The molecule has 0 spiro atoms. The van der Waals surface area contributed by atoms with E-state index in [0.29, 0.717) is 19.7 Å². The number of rotatable bonds is 10. The summed E-state index contributed by atoms with van der Waals surface area (Å²) in [6.07, 6.45) is 1.16. The number of carbonyl (C=O) groups excluding carboxylic acids is 2. The van der Waals surface area contributed by atoms with Gasteiger partial charge >= 0.3 is 6.09 Å². The molecule has 0 fully saturated rings. The second-order valence-corrected chi connectivity index (χ2v) is 6.06. The lowest BCUT2D eigenvalue weighted by molar-refractivity contribution is -0.120. The molecule has 0 bridgehead atoms. The molecule has 0 saturated heterocycles. The maximum absolute atomic E-state index is 11.5. The third-order valence-electron chi connectivity index (χ3n) is 2.69. The van der Waals surface area contributed by atoms with Crippen LogP contribution in [0.3, 0.4) is 0 Å². The number of carbonyl (C=O) groups is 2. The molecule has 0 aromatic rings. The molecule has 7 heteroatoms. The average Bonchev–Trinajstić information content (AvgIpc) is 2.39. The van der Waals surface area contributed by atoms with Crippen molar-refractivity contribution in [1.29, 1.82) is 0 Å². The number of hydrogen-bond donors (Lipinski definition) is 3. The van der Waals surface area contributed by atoms with Crippen molar-refractivity contribution in [3.05, 3.63) is 0 Å². The van der Waals surface area contributed by atoms with E-state index in [2.05, 4.69) is 16.0 Å². The van der Waals surface area contributed by atoms with Gasteiger partial charge < -0.3 is 25.4 Å². The van der Waals surface area contributed by atoms with Crippen LogP contribution >= 0.6 is 0 Å². The standard InChI is InChI=1S/C15H31N3O4/c1-6-16-13(19)10-18-12(11-21-5)8-7-9-17-14(20)22-15(2,3)4/h12,18H,6-11H2,1-5H3,(H,16,19)(H,17,20). The number of methoxy groups -OCH3 is 1. The monoisotopic (exact) mass is 317 g/mol. The maximum Gasteiger partial charge on any atom is 0.407 e. The lowest BCUT2D eigenvalue weighted by Crippen LogP contribution is -2.41. The second-order valence-electron chi connectivity index (χ2n) is 6.06. The molecule has 3 N–H and O–H groups in total. The quantitative estimate of drug-likeness (QED) is 0.524. The summed E-state index contributed by atoms with van der Waals surface area (Å²) in [5, 5.41) is 8.59. The van der Waals surface area contributed by atoms with Crippen molar-refractivity contribution in [1.82, 2.24) is 16.0 Å². The first-order chi connectivity index (χ1) is 10.3. The number of likely N-dealkylation sites (N-methyl/N-ethyl adjacent to an activating group) is 1. The Morgan fingerprint density at radius 3 is 2.41 bits per heavy atom. The van der Waals surface area contributed by atoms with Crippen molar-refractivity contribution in [3.63, 3.8) is 0 Å². The van der Waals surface area contributed by atoms with Crippen LogP contribution in [0.2, 0.25) is 0 Å². The van der Waals surface area contributed by atoms with Gasteiger partial charge in [-0.1, -0.05) is 0 Å². The van der Waals surface area contributed by atoms with E-state index >= 15 is 0 Å². The molecule has 0 aromatic heterocycles. The predicted octanol–water partition coefficient (Wildman–Crippen LogP) is 1.03. The lowest BCUT2D eigenvalue weighted by atomic mass is 10.1. The Kier molecular flexibility index (Phi) is 10.6. The van der Waals surface area contributed by atoms with E-state index in [1.807, 2.05) is 27.7 Å². The molecule has 0 radical (unpaired) electrons. The van der Waals surface area contributed by atoms with E-state index in [1.54, 1.807) is 7.11 Å². The smallest absolute Gasteiger partial charge is 0.407 e. The van der Waals surface area contributed by atoms with Gasteiger partial charge in [-0.15, -0.1) is 0 Å². The van der Waals surface area contributed by atoms with Gasteiger partial charge in [0.25, 0.3) is 0 Å². The van der Waals surface area contributed by atoms with E-state index in [9.17, 15) is 9.59 Å². The van der Waals surface area contributed by atoms with Gasteiger partial charge in [0.05, 0.1) is 13.2 Å². The van der Waals surface area contributed by atoms with Crippen LogP contribution in [0.1, 0.15) is 40.5 Å². The molecule has 130 valence electrons. The van der Waals surface area contributed by atoms with Crippen LogP contribution in [0.4, 0.5) is 4.79 Å². The lowest BCUT2D eigenvalue weighted by Gasteiger charge is -2.20. The van der Waals surface area contributed by atoms with Crippen LogP contribution in [-0.4, -0.2) is 57.0 Å². The molecule has 0 aliphatic rings. The molecule has 0 aliphatic heterocycles. The fraction of sp³-hybridized carbons (Fsp3) is 0.867. The van der Waals surface area contributed by atoms with Crippen LogP contribution in [0, 0.1) is 0 Å². The summed E-state index contributed by atoms with van der Waals surface area (Å²) < 4.78 is 10.3. The van der Waals surface area contributed by atoms with Crippen LogP contribution in [0.25, 0.3) is 0 Å². The summed E-state index contributed by atoms with van der Waals surface area (Å²) in [5.74, 6) is -0.0320. The first-order valence-corrected chi connectivity index (χ1v) is 7.74. The van der Waals surface area contributed by atoms with E-state index in [0.717, 1.165) is 12.8 Å². The van der Waals surface area contributed by atoms with Crippen molar-refractivity contribution in [2.45, 2.75) is 52.2 Å². The number of ether oxygens (including phenoxy) is 2. The minimum Gasteiger partial charge on any atom is -0.444 e. The van der Waals surface area contributed by atoms with Gasteiger partial charge in [0.15, 0.2) is 0 Å². The Hall–Kier alpha value is -1.34. The molecule has 0 heterocycles. The van der Waals surface area contributed by atoms with Crippen molar-refractivity contribution >= 4 is 12.0 Å². The summed E-state index contributed by atoms with van der Waals surface area (Å²) in [6, 6.07) is 0.0769. The van der Waals surface area contributed by atoms with E-state index in [4.69, 9.17) is 9.47 Å². The van der Waals surface area contributed by atoms with E-state index in [1.165, 1.54) is 0 Å². The average molecular weight is 317 g/mol. The molecule has 1 atom stereocenters. The maximum atomic E-state index is 11.5. The van der Waals surface area contributed by atoms with Crippen molar-refractivity contribution < 1.29 is 19.1 Å². The summed E-state index contributed by atoms with van der Waals surface area (Å²) in [4.78, 5) is 22.9. The zero-order chi connectivity index (χ0) is 17.0. The van der Waals surface area contributed by atoms with Gasteiger partial charge in [0.1, 0.15) is 5.60 Å². The summed E-state index contributed by atoms with van der Waals surface area (Å²) in [7, 11) is 1.62. The second kappa shape index (κ2) is 11.3. The molecular weight excluding hydrogens is 286 g/mol. The number of alkyl carbamates (subject to hydrolysis) is 1. The third-order valence-corrected chi connectivity index (χ3v) is 2.69. The molecule has 2 amide bonds. The molecule has 0 aliphatic carbocycles. The highest BCUT2D eigenvalue weighted by molar-refractivity contribution is 5.77. The largest absolute Gasteiger partial charge is 0.444 e. The van der Waals surface area contributed by atoms with Crippen LogP contribution in [0.15, 0.2) is 0 Å². The summed E-state index contributed by atoms with van der Waals surface area (Å²) in [6.45, 7) is 9.29. The molecular formula is C15H31N3O4. The Labute approximate surface area is 133 Å². The number of hydrogen-bond acceptors (Lipinski definition) is 5. The fourth-order valence-electron chi connectivity index (χ4n) is 1.80. The van der Waals surface area contributed by atoms with Gasteiger partial charge in [-0.05, 0) is 40.5 Å². The van der Waals surface area contributed by atoms with Crippen molar-refractivity contribution in [3.8, 4) is 0 Å². The minimum atomic E-state index is -0.489. The Morgan fingerprint density at radius 1 is 1.18 bits per heavy atom. The number of nitrogens with one attached hydrogen (secondary N) is 3. The van der Waals surface area contributed by atoms with Crippen LogP contribution in [0.5, 0.6) is 0 Å². The van der Waals surface area contributed by atoms with E-state index in [-0.39, 0.29) is 18.5 Å². The third kappa shape index (κ3) is 12.4. The first-order valence-electron chi connectivity index (χ1n) is 7.74. The first kappa shape index (κ1) is 20.7. The Bertz CT molecular complexity index is 329. The fourth-order valence-corrected chi connectivity index (χ4v) is 1.80. The number of amides is 2. The van der Waals surface area contributed by atoms with Crippen LogP contribution in [-0.2, 0) is 14.3 Å². The SMILES string of the molecule is CCNC(=O)CNC(CCCNC(=O)OC(C)(C)C)COC. The van der Waals surface area contributed by atoms with Crippen molar-refractivity contribution in [2.75, 3.05) is 33.4 Å². The van der Waals surface area contributed by atoms with Gasteiger partial charge in [0, 0.05) is 26.2 Å². The highest BCUT2D eigenvalue weighted by Crippen LogP contribution is 2.06. The Balaban J connectivity index is 3.90. The summed E-state index contributed by atoms with van der Waals surface area (Å²) >= 11 is 0. The Morgan fingerprint density at radius 2 is 1.86 bits per heavy atom. The molecule has 1 unspecified atom stereocenters. The molecule has 0 aromatic carbocycles. The van der Waals surface area contributed by atoms with Gasteiger partial charge in [-0.25, -0.2) is 4.79 Å². The molecule has 0 saturated carbocycles. The molecule has 0 rings (SSSR count). The zero-order valence-electron chi connectivity index (χ0n) is 14.5. The highest BCUT2D eigenvalue weighted by atomic mass is 16.6. The minimum absolute atomic E-state index is 0.0320. The summed E-state index contributed by atoms with van der Waals surface area (Å²) in [5.41, 5.74) is -0.489.